The lowest BCUT2D eigenvalue weighted by atomic mass is 9.94. The third kappa shape index (κ3) is 3.37. The molecule has 2 heterocycles. The number of carbonyl (C=O) groups is 2. The number of hydrogen-bond donors (Lipinski definition) is 0. The van der Waals surface area contributed by atoms with Crippen LogP contribution in [0, 0.1) is 0 Å². The second-order valence-corrected chi connectivity index (χ2v) is 7.52. The molecule has 1 saturated heterocycles. The van der Waals surface area contributed by atoms with Crippen molar-refractivity contribution in [1.29, 1.82) is 0 Å². The number of esters is 1. The molecule has 2 aliphatic rings. The van der Waals surface area contributed by atoms with E-state index in [0.717, 1.165) is 5.56 Å². The van der Waals surface area contributed by atoms with Crippen molar-refractivity contribution in [2.75, 3.05) is 20.8 Å². The molecular formula is C20H24N2O5S. The summed E-state index contributed by atoms with van der Waals surface area (Å²) in [6.45, 7) is 5.73. The highest BCUT2D eigenvalue weighted by Crippen LogP contribution is 2.45. The number of methoxy groups -OCH3 is 2. The molecule has 0 radical (unpaired) electrons. The molecule has 0 aromatic heterocycles. The highest BCUT2D eigenvalue weighted by Gasteiger charge is 2.47. The molecule has 2 aliphatic heterocycles. The maximum Gasteiger partial charge on any atom is 0.338 e. The number of amidine groups is 1. The number of hydrogen-bond acceptors (Lipinski definition) is 7. The molecule has 0 spiro atoms. The van der Waals surface area contributed by atoms with Gasteiger partial charge in [-0.25, -0.2) is 9.79 Å². The number of ether oxygens (including phenoxy) is 3. The molecule has 2 atom stereocenters. The van der Waals surface area contributed by atoms with Gasteiger partial charge in [-0.05, 0) is 38.0 Å². The zero-order chi connectivity index (χ0) is 20.4. The van der Waals surface area contributed by atoms with Gasteiger partial charge in [-0.3, -0.25) is 9.69 Å². The van der Waals surface area contributed by atoms with E-state index < -0.39 is 12.0 Å². The smallest absolute Gasteiger partial charge is 0.338 e. The second kappa shape index (κ2) is 8.26. The maximum atomic E-state index is 13.1. The lowest BCUT2D eigenvalue weighted by molar-refractivity contribution is -0.139. The predicted octanol–water partition coefficient (Wildman–Crippen LogP) is 3.31. The number of allylic oxidation sites excluding steroid dienone is 1. The number of thioether (sulfide) groups is 1. The van der Waals surface area contributed by atoms with Crippen molar-refractivity contribution in [3.8, 4) is 11.5 Å². The zero-order valence-electron chi connectivity index (χ0n) is 16.6. The summed E-state index contributed by atoms with van der Waals surface area (Å²) in [6.07, 6.45) is 0.686. The van der Waals surface area contributed by atoms with E-state index in [4.69, 9.17) is 14.2 Å². The molecule has 8 heteroatoms. The van der Waals surface area contributed by atoms with Crippen LogP contribution in [0.1, 0.15) is 38.8 Å². The first kappa shape index (κ1) is 20.3. The van der Waals surface area contributed by atoms with E-state index in [1.165, 1.54) is 11.8 Å². The Bertz CT molecular complexity index is 864. The quantitative estimate of drug-likeness (QED) is 0.677. The average Bonchev–Trinajstić information content (AvgIpc) is 3.01. The van der Waals surface area contributed by atoms with E-state index in [-0.39, 0.29) is 17.8 Å². The SMILES string of the molecule is CCOC(=O)C1=C(C)N=C2S[C@H](CC)C(=O)N2[C@@H]1c1ccc(OC)c(OC)c1. The first-order valence-electron chi connectivity index (χ1n) is 9.14. The largest absolute Gasteiger partial charge is 0.493 e. The number of nitrogens with zero attached hydrogens (tertiary/aromatic N) is 2. The van der Waals surface area contributed by atoms with E-state index >= 15 is 0 Å². The van der Waals surface area contributed by atoms with Gasteiger partial charge in [0.2, 0.25) is 5.91 Å². The van der Waals surface area contributed by atoms with E-state index in [1.807, 2.05) is 13.0 Å². The van der Waals surface area contributed by atoms with Crippen molar-refractivity contribution in [3.05, 3.63) is 35.0 Å². The molecule has 0 aliphatic carbocycles. The van der Waals surface area contributed by atoms with E-state index in [9.17, 15) is 9.59 Å². The van der Waals surface area contributed by atoms with Gasteiger partial charge in [0.25, 0.3) is 0 Å². The van der Waals surface area contributed by atoms with Gasteiger partial charge in [0.05, 0.1) is 43.4 Å². The molecular weight excluding hydrogens is 380 g/mol. The van der Waals surface area contributed by atoms with Crippen molar-refractivity contribution in [3.63, 3.8) is 0 Å². The fourth-order valence-corrected chi connectivity index (χ4v) is 4.53. The summed E-state index contributed by atoms with van der Waals surface area (Å²) >= 11 is 1.43. The topological polar surface area (TPSA) is 77.4 Å². The Morgan fingerprint density at radius 2 is 1.93 bits per heavy atom. The molecule has 150 valence electrons. The Kier molecular flexibility index (Phi) is 5.98. The summed E-state index contributed by atoms with van der Waals surface area (Å²) in [7, 11) is 3.11. The van der Waals surface area contributed by atoms with Crippen LogP contribution in [0.15, 0.2) is 34.5 Å². The molecule has 7 nitrogen and oxygen atoms in total. The van der Waals surface area contributed by atoms with Gasteiger partial charge in [-0.1, -0.05) is 24.8 Å². The Morgan fingerprint density at radius 1 is 1.21 bits per heavy atom. The van der Waals surface area contributed by atoms with Crippen LogP contribution >= 0.6 is 11.8 Å². The highest BCUT2D eigenvalue weighted by molar-refractivity contribution is 8.15. The molecule has 0 unspecified atom stereocenters. The van der Waals surface area contributed by atoms with Crippen LogP contribution in [-0.2, 0) is 14.3 Å². The van der Waals surface area contributed by atoms with Gasteiger partial charge >= 0.3 is 5.97 Å². The highest BCUT2D eigenvalue weighted by atomic mass is 32.2. The van der Waals surface area contributed by atoms with Gasteiger partial charge in [0.15, 0.2) is 16.7 Å². The summed E-state index contributed by atoms with van der Waals surface area (Å²) in [5.41, 5.74) is 1.66. The number of rotatable bonds is 6. The number of fused-ring (bicyclic) bond motifs is 1. The fraction of sp³-hybridized carbons (Fsp3) is 0.450. The van der Waals surface area contributed by atoms with E-state index in [0.29, 0.717) is 34.4 Å². The zero-order valence-corrected chi connectivity index (χ0v) is 17.5. The van der Waals surface area contributed by atoms with Gasteiger partial charge < -0.3 is 14.2 Å². The Hall–Kier alpha value is -2.48. The molecule has 28 heavy (non-hydrogen) atoms. The van der Waals surface area contributed by atoms with Crippen LogP contribution in [0.4, 0.5) is 0 Å². The molecule has 1 aromatic rings. The monoisotopic (exact) mass is 404 g/mol. The first-order valence-corrected chi connectivity index (χ1v) is 10.0. The van der Waals surface area contributed by atoms with Crippen molar-refractivity contribution < 1.29 is 23.8 Å². The standard InChI is InChI=1S/C20H24N2O5S/c1-6-15-18(23)22-17(12-8-9-13(25-4)14(10-12)26-5)16(19(24)27-7-2)11(3)21-20(22)28-15/h8-10,15,17H,6-7H2,1-5H3/t15-,17-/m1/s1. The van der Waals surface area contributed by atoms with Crippen molar-refractivity contribution >= 4 is 28.8 Å². The van der Waals surface area contributed by atoms with Crippen LogP contribution in [0.2, 0.25) is 0 Å². The van der Waals surface area contributed by atoms with Crippen molar-refractivity contribution in [2.45, 2.75) is 38.5 Å². The van der Waals surface area contributed by atoms with E-state index in [2.05, 4.69) is 4.99 Å². The lowest BCUT2D eigenvalue weighted by Crippen LogP contribution is -2.40. The second-order valence-electron chi connectivity index (χ2n) is 6.35. The fourth-order valence-electron chi connectivity index (χ4n) is 3.40. The van der Waals surface area contributed by atoms with Crippen LogP contribution in [0.5, 0.6) is 11.5 Å². The first-order chi connectivity index (χ1) is 13.5. The van der Waals surface area contributed by atoms with Crippen molar-refractivity contribution in [1.82, 2.24) is 4.90 Å². The summed E-state index contributed by atoms with van der Waals surface area (Å²) < 4.78 is 16.0. The van der Waals surface area contributed by atoms with E-state index in [1.54, 1.807) is 45.1 Å². The number of carbonyl (C=O) groups excluding carboxylic acids is 2. The number of aliphatic imine (C=N–C) groups is 1. The molecule has 0 saturated carbocycles. The van der Waals surface area contributed by atoms with Crippen LogP contribution in [0.3, 0.4) is 0 Å². The van der Waals surface area contributed by atoms with Crippen LogP contribution in [-0.4, -0.2) is 48.0 Å². The predicted molar refractivity (Wildman–Crippen MR) is 108 cm³/mol. The number of benzene rings is 1. The molecule has 1 fully saturated rings. The third-order valence-electron chi connectivity index (χ3n) is 4.74. The Balaban J connectivity index is 2.16. The van der Waals surface area contributed by atoms with Gasteiger partial charge in [-0.2, -0.15) is 0 Å². The van der Waals surface area contributed by atoms with Gasteiger partial charge in [-0.15, -0.1) is 0 Å². The van der Waals surface area contributed by atoms with Gasteiger partial charge in [0.1, 0.15) is 0 Å². The third-order valence-corrected chi connectivity index (χ3v) is 6.06. The molecule has 3 rings (SSSR count). The molecule has 0 bridgehead atoms. The minimum Gasteiger partial charge on any atom is -0.493 e. The minimum atomic E-state index is -0.622. The summed E-state index contributed by atoms with van der Waals surface area (Å²) in [5.74, 6) is 0.569. The Morgan fingerprint density at radius 3 is 2.54 bits per heavy atom. The van der Waals surface area contributed by atoms with Gasteiger partial charge in [0, 0.05) is 0 Å². The maximum absolute atomic E-state index is 13.1. The summed E-state index contributed by atoms with van der Waals surface area (Å²) in [5, 5.41) is 0.401. The minimum absolute atomic E-state index is 0.0552. The summed E-state index contributed by atoms with van der Waals surface area (Å²) in [4.78, 5) is 32.0. The van der Waals surface area contributed by atoms with Crippen LogP contribution < -0.4 is 9.47 Å². The number of amides is 1. The Labute approximate surface area is 168 Å². The molecule has 1 amide bonds. The van der Waals surface area contributed by atoms with Crippen LogP contribution in [0.25, 0.3) is 0 Å². The normalized spacial score (nSPS) is 21.4. The summed E-state index contributed by atoms with van der Waals surface area (Å²) in [6, 6.07) is 4.76. The lowest BCUT2D eigenvalue weighted by Gasteiger charge is -2.33. The van der Waals surface area contributed by atoms with Crippen molar-refractivity contribution in [2.24, 2.45) is 4.99 Å². The molecule has 0 N–H and O–H groups in total. The molecule has 1 aromatic carbocycles. The average molecular weight is 404 g/mol.